The molecule has 1 fully saturated rings. The lowest BCUT2D eigenvalue weighted by Gasteiger charge is -2.23. The molecule has 2 aromatic rings. The number of benzene rings is 1. The molecule has 128 valence electrons. The van der Waals surface area contributed by atoms with Gasteiger partial charge in [0.05, 0.1) is 5.39 Å². The molecule has 24 heavy (non-hydrogen) atoms. The molecular formula is C17H20FN3O3. The Kier molecular flexibility index (Phi) is 4.89. The normalized spacial score (nSPS) is 16.4. The lowest BCUT2D eigenvalue weighted by atomic mass is 9.95. The van der Waals surface area contributed by atoms with Gasteiger partial charge in [0, 0.05) is 12.6 Å². The smallest absolute Gasteiger partial charge is 0.276 e. The SMILES string of the molecule is O=C(NC(CCO)C1CCCC1)c1n[nH]c2c(F)cccc2c1=O. The quantitative estimate of drug-likeness (QED) is 0.776. The second-order valence-corrected chi connectivity index (χ2v) is 6.20. The largest absolute Gasteiger partial charge is 0.396 e. The number of H-pyrrole nitrogens is 1. The predicted octanol–water partition coefficient (Wildman–Crippen LogP) is 1.73. The number of amides is 1. The summed E-state index contributed by atoms with van der Waals surface area (Å²) in [4.78, 5) is 24.9. The number of carbonyl (C=O) groups excluding carboxylic acids is 1. The van der Waals surface area contributed by atoms with Gasteiger partial charge in [-0.1, -0.05) is 18.9 Å². The average Bonchev–Trinajstić information content (AvgIpc) is 3.10. The van der Waals surface area contributed by atoms with Crippen LogP contribution in [0.2, 0.25) is 0 Å². The highest BCUT2D eigenvalue weighted by molar-refractivity contribution is 5.95. The van der Waals surface area contributed by atoms with Gasteiger partial charge in [-0.15, -0.1) is 0 Å². The van der Waals surface area contributed by atoms with Crippen LogP contribution in [0.3, 0.4) is 0 Å². The van der Waals surface area contributed by atoms with Crippen molar-refractivity contribution in [1.82, 2.24) is 15.5 Å². The van der Waals surface area contributed by atoms with Crippen LogP contribution in [0.4, 0.5) is 4.39 Å². The van der Waals surface area contributed by atoms with Crippen LogP contribution in [0, 0.1) is 11.7 Å². The van der Waals surface area contributed by atoms with Crippen molar-refractivity contribution < 1.29 is 14.3 Å². The molecule has 1 heterocycles. The standard InChI is InChI=1S/C17H20FN3O3/c18-12-7-3-6-11-14(12)20-21-15(16(11)23)17(24)19-13(8-9-22)10-4-1-2-5-10/h3,6-7,10,13,22H,1-2,4-5,8-9H2,(H,19,24)(H,20,23). The van der Waals surface area contributed by atoms with E-state index >= 15 is 0 Å². The number of nitrogens with zero attached hydrogens (tertiary/aromatic N) is 1. The van der Waals surface area contributed by atoms with E-state index in [0.717, 1.165) is 25.7 Å². The van der Waals surface area contributed by atoms with Crippen molar-refractivity contribution in [1.29, 1.82) is 0 Å². The number of hydrogen-bond donors (Lipinski definition) is 3. The van der Waals surface area contributed by atoms with Gasteiger partial charge in [-0.3, -0.25) is 14.7 Å². The highest BCUT2D eigenvalue weighted by Gasteiger charge is 2.27. The van der Waals surface area contributed by atoms with E-state index < -0.39 is 17.2 Å². The Hall–Kier alpha value is -2.28. The van der Waals surface area contributed by atoms with Crippen LogP contribution in [-0.4, -0.2) is 33.9 Å². The van der Waals surface area contributed by atoms with Gasteiger partial charge in [-0.05, 0) is 37.3 Å². The molecule has 3 N–H and O–H groups in total. The van der Waals surface area contributed by atoms with E-state index in [9.17, 15) is 19.1 Å². The summed E-state index contributed by atoms with van der Waals surface area (Å²) in [5.41, 5.74) is -0.897. The van der Waals surface area contributed by atoms with Crippen LogP contribution < -0.4 is 10.7 Å². The fraction of sp³-hybridized carbons (Fsp3) is 0.471. The first-order chi connectivity index (χ1) is 11.6. The third kappa shape index (κ3) is 3.17. The maximum atomic E-state index is 13.7. The zero-order valence-electron chi connectivity index (χ0n) is 13.2. The molecular weight excluding hydrogens is 313 g/mol. The number of rotatable bonds is 5. The van der Waals surface area contributed by atoms with Crippen molar-refractivity contribution in [3.8, 4) is 0 Å². The van der Waals surface area contributed by atoms with Crippen molar-refractivity contribution in [3.05, 3.63) is 39.9 Å². The molecule has 3 rings (SSSR count). The number of carbonyl (C=O) groups is 1. The van der Waals surface area contributed by atoms with E-state index in [-0.39, 0.29) is 29.2 Å². The van der Waals surface area contributed by atoms with Crippen LogP contribution in [0.15, 0.2) is 23.0 Å². The molecule has 1 atom stereocenters. The molecule has 0 saturated heterocycles. The van der Waals surface area contributed by atoms with E-state index in [1.54, 1.807) is 0 Å². The first-order valence-corrected chi connectivity index (χ1v) is 8.20. The summed E-state index contributed by atoms with van der Waals surface area (Å²) < 4.78 is 13.7. The number of halogens is 1. The van der Waals surface area contributed by atoms with E-state index in [0.29, 0.717) is 12.3 Å². The van der Waals surface area contributed by atoms with Gasteiger partial charge in [0.15, 0.2) is 5.69 Å². The first-order valence-electron chi connectivity index (χ1n) is 8.20. The third-order valence-corrected chi connectivity index (χ3v) is 4.69. The maximum Gasteiger partial charge on any atom is 0.276 e. The molecule has 1 aromatic heterocycles. The summed E-state index contributed by atoms with van der Waals surface area (Å²) in [5, 5.41) is 18.3. The molecule has 1 amide bonds. The topological polar surface area (TPSA) is 95.1 Å². The van der Waals surface area contributed by atoms with E-state index in [1.807, 2.05) is 0 Å². The number of nitrogens with one attached hydrogen (secondary N) is 2. The minimum atomic E-state index is -0.602. The number of aliphatic hydroxyl groups excluding tert-OH is 1. The molecule has 1 unspecified atom stereocenters. The number of aromatic amines is 1. The minimum Gasteiger partial charge on any atom is -0.396 e. The van der Waals surface area contributed by atoms with Gasteiger partial charge in [-0.25, -0.2) is 4.39 Å². The van der Waals surface area contributed by atoms with Crippen molar-refractivity contribution in [3.63, 3.8) is 0 Å². The van der Waals surface area contributed by atoms with E-state index in [2.05, 4.69) is 15.5 Å². The van der Waals surface area contributed by atoms with Gasteiger partial charge < -0.3 is 10.4 Å². The summed E-state index contributed by atoms with van der Waals surface area (Å²) in [6.07, 6.45) is 4.65. The Morgan fingerprint density at radius 3 is 2.88 bits per heavy atom. The minimum absolute atomic E-state index is 0.0123. The molecule has 0 radical (unpaired) electrons. The van der Waals surface area contributed by atoms with Crippen molar-refractivity contribution in [2.24, 2.45) is 5.92 Å². The van der Waals surface area contributed by atoms with E-state index in [1.165, 1.54) is 18.2 Å². The molecule has 0 spiro atoms. The number of para-hydroxylation sites is 1. The Labute approximate surface area is 138 Å². The zero-order chi connectivity index (χ0) is 17.1. The summed E-state index contributed by atoms with van der Waals surface area (Å²) in [6, 6.07) is 3.91. The number of fused-ring (bicyclic) bond motifs is 1. The van der Waals surface area contributed by atoms with Crippen LogP contribution in [-0.2, 0) is 0 Å². The van der Waals surface area contributed by atoms with Crippen molar-refractivity contribution in [2.45, 2.75) is 38.1 Å². The van der Waals surface area contributed by atoms with E-state index in [4.69, 9.17) is 0 Å². The Morgan fingerprint density at radius 1 is 1.42 bits per heavy atom. The number of aromatic nitrogens is 2. The second kappa shape index (κ2) is 7.09. The third-order valence-electron chi connectivity index (χ3n) is 4.69. The lowest BCUT2D eigenvalue weighted by Crippen LogP contribution is -2.42. The summed E-state index contributed by atoms with van der Waals surface area (Å²) in [5.74, 6) is -0.876. The summed E-state index contributed by atoms with van der Waals surface area (Å²) in [6.45, 7) is -0.0336. The molecule has 1 aliphatic rings. The Balaban J connectivity index is 1.87. The predicted molar refractivity (Wildman–Crippen MR) is 87.2 cm³/mol. The number of aliphatic hydroxyl groups is 1. The fourth-order valence-corrected chi connectivity index (χ4v) is 3.43. The Morgan fingerprint density at radius 2 is 2.17 bits per heavy atom. The fourth-order valence-electron chi connectivity index (χ4n) is 3.43. The maximum absolute atomic E-state index is 13.7. The summed E-state index contributed by atoms with van der Waals surface area (Å²) in [7, 11) is 0. The van der Waals surface area contributed by atoms with Gasteiger partial charge in [-0.2, -0.15) is 5.10 Å². The Bertz CT molecular complexity index is 799. The van der Waals surface area contributed by atoms with Crippen LogP contribution >= 0.6 is 0 Å². The highest BCUT2D eigenvalue weighted by atomic mass is 19.1. The molecule has 6 nitrogen and oxygen atoms in total. The average molecular weight is 333 g/mol. The lowest BCUT2D eigenvalue weighted by molar-refractivity contribution is 0.0904. The number of hydrogen-bond acceptors (Lipinski definition) is 4. The van der Waals surface area contributed by atoms with Gasteiger partial charge in [0.1, 0.15) is 11.3 Å². The van der Waals surface area contributed by atoms with Crippen LogP contribution in [0.25, 0.3) is 10.9 Å². The second-order valence-electron chi connectivity index (χ2n) is 6.20. The molecule has 1 saturated carbocycles. The van der Waals surface area contributed by atoms with Crippen molar-refractivity contribution >= 4 is 16.8 Å². The van der Waals surface area contributed by atoms with Crippen molar-refractivity contribution in [2.75, 3.05) is 6.61 Å². The van der Waals surface area contributed by atoms with Gasteiger partial charge >= 0.3 is 0 Å². The molecule has 0 bridgehead atoms. The first kappa shape index (κ1) is 16.6. The molecule has 0 aliphatic heterocycles. The monoisotopic (exact) mass is 333 g/mol. The molecule has 7 heteroatoms. The zero-order valence-corrected chi connectivity index (χ0v) is 13.2. The van der Waals surface area contributed by atoms with Gasteiger partial charge in [0.2, 0.25) is 5.43 Å². The van der Waals surface area contributed by atoms with Gasteiger partial charge in [0.25, 0.3) is 5.91 Å². The molecule has 1 aromatic carbocycles. The molecule has 1 aliphatic carbocycles. The van der Waals surface area contributed by atoms with Crippen LogP contribution in [0.1, 0.15) is 42.6 Å². The van der Waals surface area contributed by atoms with Crippen LogP contribution in [0.5, 0.6) is 0 Å². The highest BCUT2D eigenvalue weighted by Crippen LogP contribution is 2.29. The summed E-state index contributed by atoms with van der Waals surface area (Å²) >= 11 is 0.